The zero-order chi connectivity index (χ0) is 12.9. The molecule has 0 aromatic rings. The van der Waals surface area contributed by atoms with Crippen LogP contribution in [-0.2, 0) is 9.53 Å². The molecule has 1 saturated carbocycles. The number of ketones is 1. The molecule has 0 saturated heterocycles. The van der Waals surface area contributed by atoms with Gasteiger partial charge < -0.3 is 4.74 Å². The van der Waals surface area contributed by atoms with Gasteiger partial charge in [-0.1, -0.05) is 19.8 Å². The van der Waals surface area contributed by atoms with E-state index >= 15 is 0 Å². The lowest BCUT2D eigenvalue weighted by Gasteiger charge is -2.44. The highest BCUT2D eigenvalue weighted by Crippen LogP contribution is 2.37. The second-order valence-corrected chi connectivity index (χ2v) is 5.65. The Bertz CT molecular complexity index is 253. The van der Waals surface area contributed by atoms with Crippen LogP contribution in [0.15, 0.2) is 0 Å². The largest absolute Gasteiger partial charge is 0.385 e. The average molecular weight is 241 g/mol. The van der Waals surface area contributed by atoms with Gasteiger partial charge in [-0.2, -0.15) is 0 Å². The molecule has 100 valence electrons. The van der Waals surface area contributed by atoms with Crippen molar-refractivity contribution in [2.45, 2.75) is 51.0 Å². The Hall–Kier alpha value is -0.410. The third kappa shape index (κ3) is 3.52. The smallest absolute Gasteiger partial charge is 0.153 e. The van der Waals surface area contributed by atoms with E-state index in [9.17, 15) is 4.79 Å². The van der Waals surface area contributed by atoms with E-state index in [1.807, 2.05) is 14.1 Å². The van der Waals surface area contributed by atoms with Crippen LogP contribution >= 0.6 is 0 Å². The molecule has 3 nitrogen and oxygen atoms in total. The first-order valence-electron chi connectivity index (χ1n) is 6.72. The molecule has 0 heterocycles. The van der Waals surface area contributed by atoms with Gasteiger partial charge in [0, 0.05) is 20.1 Å². The summed E-state index contributed by atoms with van der Waals surface area (Å²) >= 11 is 0. The summed E-state index contributed by atoms with van der Waals surface area (Å²) in [5, 5.41) is 0. The van der Waals surface area contributed by atoms with Gasteiger partial charge in [-0.15, -0.1) is 0 Å². The predicted octanol–water partition coefficient (Wildman–Crippen LogP) is 2.49. The van der Waals surface area contributed by atoms with Gasteiger partial charge in [0.1, 0.15) is 0 Å². The summed E-state index contributed by atoms with van der Waals surface area (Å²) in [6, 6.07) is 0. The van der Waals surface area contributed by atoms with E-state index in [1.54, 1.807) is 7.11 Å². The summed E-state index contributed by atoms with van der Waals surface area (Å²) in [6.07, 6.45) is 5.98. The number of hydrogen-bond donors (Lipinski definition) is 0. The quantitative estimate of drug-likeness (QED) is 0.669. The number of rotatable bonds is 6. The number of methoxy groups -OCH3 is 1. The Balaban J connectivity index is 2.66. The second kappa shape index (κ2) is 6.50. The molecule has 0 radical (unpaired) electrons. The molecule has 2 unspecified atom stereocenters. The Morgan fingerprint density at radius 2 is 2.18 bits per heavy atom. The van der Waals surface area contributed by atoms with Crippen molar-refractivity contribution in [3.8, 4) is 0 Å². The molecule has 2 atom stereocenters. The lowest BCUT2D eigenvalue weighted by molar-refractivity contribution is -0.133. The summed E-state index contributed by atoms with van der Waals surface area (Å²) in [6.45, 7) is 2.95. The molecular weight excluding hydrogens is 214 g/mol. The fraction of sp³-hybridized carbons (Fsp3) is 0.929. The first kappa shape index (κ1) is 14.7. The number of Topliss-reactive ketones (excluding diaryl/α,β-unsaturated/α-hetero) is 1. The van der Waals surface area contributed by atoms with E-state index in [4.69, 9.17) is 4.74 Å². The first-order valence-corrected chi connectivity index (χ1v) is 6.72. The third-order valence-electron chi connectivity index (χ3n) is 4.10. The summed E-state index contributed by atoms with van der Waals surface area (Å²) in [5.41, 5.74) is -0.203. The number of carbonyl (C=O) groups is 1. The maximum absolute atomic E-state index is 12.5. The maximum atomic E-state index is 12.5. The van der Waals surface area contributed by atoms with Crippen LogP contribution < -0.4 is 0 Å². The van der Waals surface area contributed by atoms with Gasteiger partial charge in [0.05, 0.1) is 5.54 Å². The normalized spacial score (nSPS) is 29.6. The van der Waals surface area contributed by atoms with Crippen LogP contribution in [0, 0.1) is 5.92 Å². The molecule has 0 aliphatic heterocycles. The summed E-state index contributed by atoms with van der Waals surface area (Å²) in [5.74, 6) is 1.07. The number of ether oxygens (including phenoxy) is 1. The SMILES string of the molecule is COCCCC(=O)C1(N(C)C)CCCC(C)C1. The van der Waals surface area contributed by atoms with Gasteiger partial charge in [0.2, 0.25) is 0 Å². The summed E-state index contributed by atoms with van der Waals surface area (Å²) in [4.78, 5) is 14.6. The fourth-order valence-electron chi connectivity index (χ4n) is 3.04. The number of nitrogens with zero attached hydrogens (tertiary/aromatic N) is 1. The van der Waals surface area contributed by atoms with Crippen LogP contribution in [0.2, 0.25) is 0 Å². The molecule has 1 fully saturated rings. The molecule has 0 aromatic heterocycles. The topological polar surface area (TPSA) is 29.5 Å². The Labute approximate surface area is 106 Å². The van der Waals surface area contributed by atoms with E-state index in [-0.39, 0.29) is 5.54 Å². The number of carbonyl (C=O) groups excluding carboxylic acids is 1. The van der Waals surface area contributed by atoms with E-state index in [2.05, 4.69) is 11.8 Å². The van der Waals surface area contributed by atoms with Gasteiger partial charge in [-0.05, 0) is 39.3 Å². The Kier molecular flexibility index (Phi) is 5.60. The molecule has 1 aliphatic rings. The van der Waals surface area contributed by atoms with Gasteiger partial charge in [-0.25, -0.2) is 0 Å². The minimum absolute atomic E-state index is 0.203. The predicted molar refractivity (Wildman–Crippen MR) is 70.2 cm³/mol. The van der Waals surface area contributed by atoms with E-state index in [0.717, 1.165) is 19.3 Å². The van der Waals surface area contributed by atoms with Crippen LogP contribution in [-0.4, -0.2) is 44.0 Å². The van der Waals surface area contributed by atoms with Crippen molar-refractivity contribution in [3.05, 3.63) is 0 Å². The minimum Gasteiger partial charge on any atom is -0.385 e. The molecular formula is C14H27NO2. The van der Waals surface area contributed by atoms with E-state index in [0.29, 0.717) is 24.7 Å². The minimum atomic E-state index is -0.203. The Morgan fingerprint density at radius 3 is 2.71 bits per heavy atom. The van der Waals surface area contributed by atoms with Crippen LogP contribution in [0.3, 0.4) is 0 Å². The van der Waals surface area contributed by atoms with Gasteiger partial charge in [-0.3, -0.25) is 9.69 Å². The van der Waals surface area contributed by atoms with E-state index < -0.39 is 0 Å². The Morgan fingerprint density at radius 1 is 1.47 bits per heavy atom. The molecule has 3 heteroatoms. The van der Waals surface area contributed by atoms with Crippen molar-refractivity contribution in [1.29, 1.82) is 0 Å². The van der Waals surface area contributed by atoms with Crippen LogP contribution in [0.5, 0.6) is 0 Å². The highest BCUT2D eigenvalue weighted by atomic mass is 16.5. The third-order valence-corrected chi connectivity index (χ3v) is 4.10. The van der Waals surface area contributed by atoms with E-state index in [1.165, 1.54) is 12.8 Å². The van der Waals surface area contributed by atoms with Crippen molar-refractivity contribution in [2.24, 2.45) is 5.92 Å². The van der Waals surface area contributed by atoms with Crippen LogP contribution in [0.1, 0.15) is 45.4 Å². The maximum Gasteiger partial charge on any atom is 0.153 e. The fourth-order valence-corrected chi connectivity index (χ4v) is 3.04. The molecule has 1 rings (SSSR count). The van der Waals surface area contributed by atoms with Crippen molar-refractivity contribution in [2.75, 3.05) is 27.8 Å². The van der Waals surface area contributed by atoms with Crippen LogP contribution in [0.25, 0.3) is 0 Å². The lowest BCUT2D eigenvalue weighted by Crippen LogP contribution is -2.53. The zero-order valence-corrected chi connectivity index (χ0v) is 11.8. The van der Waals surface area contributed by atoms with Crippen molar-refractivity contribution < 1.29 is 9.53 Å². The highest BCUT2D eigenvalue weighted by Gasteiger charge is 2.42. The van der Waals surface area contributed by atoms with Crippen molar-refractivity contribution in [3.63, 3.8) is 0 Å². The average Bonchev–Trinajstić information content (AvgIpc) is 2.28. The van der Waals surface area contributed by atoms with Crippen LogP contribution in [0.4, 0.5) is 0 Å². The van der Waals surface area contributed by atoms with Crippen molar-refractivity contribution >= 4 is 5.78 Å². The number of likely N-dealkylation sites (N-methyl/N-ethyl adjacent to an activating group) is 1. The van der Waals surface area contributed by atoms with Crippen molar-refractivity contribution in [1.82, 2.24) is 4.90 Å². The molecule has 0 spiro atoms. The molecule has 1 aliphatic carbocycles. The lowest BCUT2D eigenvalue weighted by atomic mass is 9.72. The zero-order valence-electron chi connectivity index (χ0n) is 11.8. The molecule has 17 heavy (non-hydrogen) atoms. The number of hydrogen-bond acceptors (Lipinski definition) is 3. The molecule has 0 amide bonds. The van der Waals surface area contributed by atoms with Gasteiger partial charge in [0.25, 0.3) is 0 Å². The van der Waals surface area contributed by atoms with Gasteiger partial charge >= 0.3 is 0 Å². The molecule has 0 bridgehead atoms. The van der Waals surface area contributed by atoms with Gasteiger partial charge in [0.15, 0.2) is 5.78 Å². The summed E-state index contributed by atoms with van der Waals surface area (Å²) in [7, 11) is 5.79. The first-order chi connectivity index (χ1) is 8.03. The standard InChI is InChI=1S/C14H27NO2/c1-12-7-5-9-14(11-12,15(2)3)13(16)8-6-10-17-4/h12H,5-11H2,1-4H3. The second-order valence-electron chi connectivity index (χ2n) is 5.65. The summed E-state index contributed by atoms with van der Waals surface area (Å²) < 4.78 is 5.03. The molecule has 0 aromatic carbocycles. The monoisotopic (exact) mass is 241 g/mol. The highest BCUT2D eigenvalue weighted by molar-refractivity contribution is 5.88. The molecule has 0 N–H and O–H groups in total.